The van der Waals surface area contributed by atoms with Crippen molar-refractivity contribution in [2.75, 3.05) is 19.6 Å². The van der Waals surface area contributed by atoms with Gasteiger partial charge >= 0.3 is 0 Å². The molecule has 2 aromatic rings. The predicted molar refractivity (Wildman–Crippen MR) is 150 cm³/mol. The monoisotopic (exact) mass is 484 g/mol. The quantitative estimate of drug-likeness (QED) is 0.386. The molecule has 2 aliphatic heterocycles. The van der Waals surface area contributed by atoms with Gasteiger partial charge in [-0.25, -0.2) is 0 Å². The standard InChI is InChI=1S/C33H44N2O/c1-3-34(4-2)33(36)28-17-15-27(16-18-28)32(26-13-9-6-10-14-26)29-23-30-19-20-31(24-29)35(30)22-21-25-11-7-5-8-12-25/h6,9-10,13-18,25,30-31H,3-5,7-8,11-12,19-24H2,1-2H3. The van der Waals surface area contributed by atoms with Crippen LogP contribution in [0.25, 0.3) is 5.57 Å². The van der Waals surface area contributed by atoms with Crippen molar-refractivity contribution >= 4 is 11.5 Å². The van der Waals surface area contributed by atoms with Crippen molar-refractivity contribution in [3.05, 3.63) is 76.9 Å². The molecule has 2 atom stereocenters. The lowest BCUT2D eigenvalue weighted by atomic mass is 9.84. The fraction of sp³-hybridized carbons (Fsp3) is 0.545. The van der Waals surface area contributed by atoms with E-state index in [4.69, 9.17) is 0 Å². The Hall–Kier alpha value is -2.39. The van der Waals surface area contributed by atoms with Crippen molar-refractivity contribution in [3.8, 4) is 0 Å². The molecule has 2 aromatic carbocycles. The zero-order valence-electron chi connectivity index (χ0n) is 22.4. The second-order valence-corrected chi connectivity index (χ2v) is 11.2. The van der Waals surface area contributed by atoms with E-state index in [0.29, 0.717) is 12.1 Å². The number of nitrogens with zero attached hydrogens (tertiary/aromatic N) is 2. The third-order valence-corrected chi connectivity index (χ3v) is 9.14. The summed E-state index contributed by atoms with van der Waals surface area (Å²) in [5, 5.41) is 0. The normalized spacial score (nSPS) is 22.6. The van der Waals surface area contributed by atoms with Crippen molar-refractivity contribution in [3.63, 3.8) is 0 Å². The first-order chi connectivity index (χ1) is 17.7. The minimum Gasteiger partial charge on any atom is -0.339 e. The summed E-state index contributed by atoms with van der Waals surface area (Å²) in [6, 6.07) is 20.8. The molecule has 3 fully saturated rings. The van der Waals surface area contributed by atoms with Gasteiger partial charge in [0.1, 0.15) is 0 Å². The van der Waals surface area contributed by atoms with Gasteiger partial charge in [0.25, 0.3) is 5.91 Å². The van der Waals surface area contributed by atoms with Gasteiger partial charge in [-0.3, -0.25) is 9.69 Å². The highest BCUT2D eigenvalue weighted by atomic mass is 16.2. The summed E-state index contributed by atoms with van der Waals surface area (Å²) in [5.74, 6) is 1.09. The number of amides is 1. The van der Waals surface area contributed by atoms with Gasteiger partial charge in [0.2, 0.25) is 0 Å². The summed E-state index contributed by atoms with van der Waals surface area (Å²) in [5.41, 5.74) is 6.37. The third kappa shape index (κ3) is 5.47. The number of rotatable bonds is 8. The van der Waals surface area contributed by atoms with E-state index in [0.717, 1.165) is 24.6 Å². The molecule has 0 N–H and O–H groups in total. The van der Waals surface area contributed by atoms with Crippen LogP contribution >= 0.6 is 0 Å². The summed E-state index contributed by atoms with van der Waals surface area (Å²) in [6.07, 6.45) is 13.7. The number of piperidine rings is 1. The van der Waals surface area contributed by atoms with Crippen LogP contribution in [0, 0.1) is 5.92 Å². The second-order valence-electron chi connectivity index (χ2n) is 11.2. The fourth-order valence-electron chi connectivity index (χ4n) is 7.13. The number of carbonyl (C=O) groups is 1. The molecule has 2 unspecified atom stereocenters. The van der Waals surface area contributed by atoms with Crippen LogP contribution in [0.4, 0.5) is 0 Å². The molecule has 3 nitrogen and oxygen atoms in total. The van der Waals surface area contributed by atoms with Crippen molar-refractivity contribution in [1.82, 2.24) is 9.80 Å². The van der Waals surface area contributed by atoms with E-state index >= 15 is 0 Å². The second kappa shape index (κ2) is 11.8. The summed E-state index contributed by atoms with van der Waals surface area (Å²) in [7, 11) is 0. The zero-order chi connectivity index (χ0) is 24.9. The summed E-state index contributed by atoms with van der Waals surface area (Å²) in [6.45, 7) is 6.88. The largest absolute Gasteiger partial charge is 0.339 e. The first-order valence-corrected chi connectivity index (χ1v) is 14.6. The molecule has 36 heavy (non-hydrogen) atoms. The Morgan fingerprint density at radius 2 is 1.36 bits per heavy atom. The van der Waals surface area contributed by atoms with Gasteiger partial charge in [0.05, 0.1) is 0 Å². The smallest absolute Gasteiger partial charge is 0.253 e. The van der Waals surface area contributed by atoms with Gasteiger partial charge in [-0.15, -0.1) is 0 Å². The van der Waals surface area contributed by atoms with E-state index in [2.05, 4.69) is 47.4 Å². The number of hydrogen-bond acceptors (Lipinski definition) is 2. The zero-order valence-corrected chi connectivity index (χ0v) is 22.4. The van der Waals surface area contributed by atoms with Crippen LogP contribution in [-0.4, -0.2) is 47.4 Å². The molecule has 0 spiro atoms. The minimum atomic E-state index is 0.129. The Balaban J connectivity index is 1.38. The van der Waals surface area contributed by atoms with Gasteiger partial charge in [-0.2, -0.15) is 0 Å². The average molecular weight is 485 g/mol. The maximum atomic E-state index is 12.9. The topological polar surface area (TPSA) is 23.6 Å². The van der Waals surface area contributed by atoms with Crippen LogP contribution in [0.1, 0.15) is 99.5 Å². The van der Waals surface area contributed by atoms with Crippen molar-refractivity contribution in [2.24, 2.45) is 5.92 Å². The number of fused-ring (bicyclic) bond motifs is 2. The minimum absolute atomic E-state index is 0.129. The van der Waals surface area contributed by atoms with E-state index in [9.17, 15) is 4.79 Å². The third-order valence-electron chi connectivity index (χ3n) is 9.14. The van der Waals surface area contributed by atoms with Crippen molar-refractivity contribution in [2.45, 2.75) is 90.1 Å². The van der Waals surface area contributed by atoms with Crippen LogP contribution in [0.5, 0.6) is 0 Å². The number of hydrogen-bond donors (Lipinski definition) is 0. The summed E-state index contributed by atoms with van der Waals surface area (Å²) < 4.78 is 0. The number of carbonyl (C=O) groups excluding carboxylic acids is 1. The molecule has 3 heteroatoms. The first kappa shape index (κ1) is 25.3. The lowest BCUT2D eigenvalue weighted by molar-refractivity contribution is 0.0773. The fourth-order valence-corrected chi connectivity index (χ4v) is 7.13. The molecule has 0 radical (unpaired) electrons. The van der Waals surface area contributed by atoms with Crippen molar-refractivity contribution < 1.29 is 4.79 Å². The van der Waals surface area contributed by atoms with Gasteiger partial charge in [-0.05, 0) is 87.2 Å². The van der Waals surface area contributed by atoms with Crippen LogP contribution in [0.3, 0.4) is 0 Å². The molecule has 5 rings (SSSR count). The summed E-state index contributed by atoms with van der Waals surface area (Å²) >= 11 is 0. The molecular weight excluding hydrogens is 440 g/mol. The molecule has 3 aliphatic rings. The predicted octanol–water partition coefficient (Wildman–Crippen LogP) is 7.57. The van der Waals surface area contributed by atoms with E-state index < -0.39 is 0 Å². The summed E-state index contributed by atoms with van der Waals surface area (Å²) in [4.78, 5) is 17.7. The maximum Gasteiger partial charge on any atom is 0.253 e. The van der Waals surface area contributed by atoms with E-state index in [1.807, 2.05) is 30.9 Å². The van der Waals surface area contributed by atoms with E-state index in [-0.39, 0.29) is 5.91 Å². The van der Waals surface area contributed by atoms with Gasteiger partial charge < -0.3 is 4.90 Å². The Bertz CT molecular complexity index is 1020. The van der Waals surface area contributed by atoms with Gasteiger partial charge in [0, 0.05) is 30.7 Å². The molecule has 2 bridgehead atoms. The Kier molecular flexibility index (Phi) is 8.26. The Labute approximate surface area is 218 Å². The molecule has 1 amide bonds. The molecule has 2 heterocycles. The SMILES string of the molecule is CCN(CC)C(=O)c1ccc(C(=C2CC3CCC(C2)N3CCC2CCCCC2)c2ccccc2)cc1. The van der Waals surface area contributed by atoms with E-state index in [1.54, 1.807) is 5.57 Å². The lowest BCUT2D eigenvalue weighted by Crippen LogP contribution is -2.41. The van der Waals surface area contributed by atoms with Crippen LogP contribution in [0.2, 0.25) is 0 Å². The molecule has 2 saturated heterocycles. The molecule has 1 saturated carbocycles. The van der Waals surface area contributed by atoms with Gasteiger partial charge in [0.15, 0.2) is 0 Å². The van der Waals surface area contributed by atoms with Crippen LogP contribution in [-0.2, 0) is 0 Å². The van der Waals surface area contributed by atoms with E-state index in [1.165, 1.54) is 87.5 Å². The highest BCUT2D eigenvalue weighted by molar-refractivity contribution is 5.95. The number of benzene rings is 2. The highest BCUT2D eigenvalue weighted by Crippen LogP contribution is 2.43. The molecule has 0 aromatic heterocycles. The Morgan fingerprint density at radius 3 is 1.97 bits per heavy atom. The first-order valence-electron chi connectivity index (χ1n) is 14.6. The lowest BCUT2D eigenvalue weighted by Gasteiger charge is -2.38. The van der Waals surface area contributed by atoms with Crippen LogP contribution < -0.4 is 0 Å². The van der Waals surface area contributed by atoms with Gasteiger partial charge in [-0.1, -0.05) is 80.1 Å². The molecule has 192 valence electrons. The average Bonchev–Trinajstić information content (AvgIpc) is 3.17. The molecule has 1 aliphatic carbocycles. The molecular formula is C33H44N2O. The maximum absolute atomic E-state index is 12.9. The highest BCUT2D eigenvalue weighted by Gasteiger charge is 2.39. The van der Waals surface area contributed by atoms with Crippen molar-refractivity contribution in [1.29, 1.82) is 0 Å². The Morgan fingerprint density at radius 1 is 0.778 bits per heavy atom. The van der Waals surface area contributed by atoms with Crippen LogP contribution in [0.15, 0.2) is 60.2 Å².